The van der Waals surface area contributed by atoms with Gasteiger partial charge in [0.05, 0.1) is 19.4 Å². The van der Waals surface area contributed by atoms with Crippen LogP contribution in [0.5, 0.6) is 5.88 Å². The van der Waals surface area contributed by atoms with Gasteiger partial charge in [-0.3, -0.25) is 5.10 Å². The first-order chi connectivity index (χ1) is 8.67. The lowest BCUT2D eigenvalue weighted by atomic mass is 10.1. The van der Waals surface area contributed by atoms with Gasteiger partial charge in [-0.1, -0.05) is 29.3 Å². The maximum absolute atomic E-state index is 9.25. The van der Waals surface area contributed by atoms with E-state index >= 15 is 0 Å². The van der Waals surface area contributed by atoms with Crippen molar-refractivity contribution in [2.24, 2.45) is 0 Å². The zero-order valence-electron chi connectivity index (χ0n) is 9.70. The van der Waals surface area contributed by atoms with Crippen molar-refractivity contribution >= 4 is 23.2 Å². The normalized spacial score (nSPS) is 10.7. The quantitative estimate of drug-likeness (QED) is 0.909. The summed E-state index contributed by atoms with van der Waals surface area (Å²) in [5.74, 6) is 0.440. The number of nitrogens with one attached hydrogen (secondary N) is 1. The highest BCUT2D eigenvalue weighted by Crippen LogP contribution is 2.30. The number of halogens is 2. The summed E-state index contributed by atoms with van der Waals surface area (Å²) >= 11 is 12.2. The molecule has 0 amide bonds. The molecular formula is C12H12Cl2N2O2. The van der Waals surface area contributed by atoms with Gasteiger partial charge in [0.15, 0.2) is 0 Å². The second-order valence-corrected chi connectivity index (χ2v) is 4.54. The number of hydrogen-bond acceptors (Lipinski definition) is 3. The lowest BCUT2D eigenvalue weighted by Crippen LogP contribution is -1.97. The van der Waals surface area contributed by atoms with Crippen LogP contribution in [-0.4, -0.2) is 22.4 Å². The van der Waals surface area contributed by atoms with Gasteiger partial charge in [-0.2, -0.15) is 0 Å². The molecular weight excluding hydrogens is 275 g/mol. The summed E-state index contributed by atoms with van der Waals surface area (Å²) in [6, 6.07) is 5.33. The number of aromatic nitrogens is 2. The van der Waals surface area contributed by atoms with Gasteiger partial charge in [-0.05, 0) is 17.7 Å². The smallest absolute Gasteiger partial charge is 0.236 e. The van der Waals surface area contributed by atoms with Crippen molar-refractivity contribution < 1.29 is 9.84 Å². The van der Waals surface area contributed by atoms with Gasteiger partial charge in [0.2, 0.25) is 5.88 Å². The number of aliphatic hydroxyl groups is 1. The highest BCUT2D eigenvalue weighted by molar-refractivity contribution is 6.36. The topological polar surface area (TPSA) is 58.1 Å². The third kappa shape index (κ3) is 2.46. The predicted octanol–water partition coefficient (Wildman–Crippen LogP) is 2.81. The third-order valence-electron chi connectivity index (χ3n) is 2.68. The van der Waals surface area contributed by atoms with Crippen LogP contribution in [0.1, 0.15) is 16.8 Å². The summed E-state index contributed by atoms with van der Waals surface area (Å²) in [4.78, 5) is 0. The summed E-state index contributed by atoms with van der Waals surface area (Å²) in [6.45, 7) is -0.145. The molecule has 0 radical (unpaired) electrons. The fourth-order valence-electron chi connectivity index (χ4n) is 1.74. The van der Waals surface area contributed by atoms with Crippen LogP contribution in [-0.2, 0) is 13.0 Å². The van der Waals surface area contributed by atoms with E-state index in [4.69, 9.17) is 27.9 Å². The Morgan fingerprint density at radius 1 is 1.28 bits per heavy atom. The number of aliphatic hydroxyl groups excluding tert-OH is 1. The van der Waals surface area contributed by atoms with Crippen LogP contribution >= 0.6 is 23.2 Å². The van der Waals surface area contributed by atoms with Crippen LogP contribution in [0.15, 0.2) is 18.2 Å². The van der Waals surface area contributed by atoms with Crippen LogP contribution in [0, 0.1) is 0 Å². The molecule has 2 N–H and O–H groups in total. The zero-order chi connectivity index (χ0) is 13.1. The summed E-state index contributed by atoms with van der Waals surface area (Å²) in [6.07, 6.45) is 0.452. The van der Waals surface area contributed by atoms with E-state index < -0.39 is 0 Å². The number of rotatable bonds is 4. The molecule has 0 spiro atoms. The van der Waals surface area contributed by atoms with Crippen molar-refractivity contribution in [3.63, 3.8) is 0 Å². The molecule has 1 heterocycles. The Labute approximate surface area is 114 Å². The summed E-state index contributed by atoms with van der Waals surface area (Å²) in [7, 11) is 1.52. The van der Waals surface area contributed by atoms with Crippen LogP contribution in [0.3, 0.4) is 0 Å². The van der Waals surface area contributed by atoms with Crippen LogP contribution < -0.4 is 4.74 Å². The number of aromatic amines is 1. The SMILES string of the molecule is COc1n[nH]c(CO)c1Cc1c(Cl)cccc1Cl. The lowest BCUT2D eigenvalue weighted by Gasteiger charge is -2.08. The highest BCUT2D eigenvalue weighted by Gasteiger charge is 2.16. The van der Waals surface area contributed by atoms with Crippen molar-refractivity contribution in [2.75, 3.05) is 7.11 Å². The molecule has 1 aromatic heterocycles. The Morgan fingerprint density at radius 3 is 2.50 bits per heavy atom. The molecule has 0 atom stereocenters. The number of nitrogens with zero attached hydrogens (tertiary/aromatic N) is 1. The third-order valence-corrected chi connectivity index (χ3v) is 3.39. The molecule has 96 valence electrons. The molecule has 0 saturated heterocycles. The average Bonchev–Trinajstić information content (AvgIpc) is 2.76. The van der Waals surface area contributed by atoms with E-state index in [-0.39, 0.29) is 6.61 Å². The minimum absolute atomic E-state index is 0.145. The summed E-state index contributed by atoms with van der Waals surface area (Å²) < 4.78 is 5.14. The van der Waals surface area contributed by atoms with Gasteiger partial charge in [0, 0.05) is 22.0 Å². The second-order valence-electron chi connectivity index (χ2n) is 3.73. The molecule has 0 aliphatic rings. The van der Waals surface area contributed by atoms with Crippen molar-refractivity contribution in [3.05, 3.63) is 45.1 Å². The van der Waals surface area contributed by atoms with E-state index in [0.717, 1.165) is 11.1 Å². The van der Waals surface area contributed by atoms with Gasteiger partial charge in [-0.25, -0.2) is 0 Å². The van der Waals surface area contributed by atoms with Crippen molar-refractivity contribution in [1.29, 1.82) is 0 Å². The first-order valence-corrected chi connectivity index (χ1v) is 6.06. The molecule has 0 aliphatic heterocycles. The van der Waals surface area contributed by atoms with E-state index in [2.05, 4.69) is 10.2 Å². The first-order valence-electron chi connectivity index (χ1n) is 5.31. The molecule has 1 aromatic carbocycles. The minimum Gasteiger partial charge on any atom is -0.480 e. The molecule has 2 aromatic rings. The van der Waals surface area contributed by atoms with Crippen molar-refractivity contribution in [3.8, 4) is 5.88 Å². The number of methoxy groups -OCH3 is 1. The lowest BCUT2D eigenvalue weighted by molar-refractivity contribution is 0.275. The minimum atomic E-state index is -0.145. The van der Waals surface area contributed by atoms with Crippen LogP contribution in [0.2, 0.25) is 10.0 Å². The Kier molecular flexibility index (Phi) is 4.11. The van der Waals surface area contributed by atoms with Crippen molar-refractivity contribution in [1.82, 2.24) is 10.2 Å². The molecule has 18 heavy (non-hydrogen) atoms. The fraction of sp³-hybridized carbons (Fsp3) is 0.250. The van der Waals surface area contributed by atoms with E-state index in [9.17, 15) is 5.11 Å². The van der Waals surface area contributed by atoms with Crippen molar-refractivity contribution in [2.45, 2.75) is 13.0 Å². The van der Waals surface area contributed by atoms with E-state index in [1.807, 2.05) is 0 Å². The van der Waals surface area contributed by atoms with Gasteiger partial charge < -0.3 is 9.84 Å². The highest BCUT2D eigenvalue weighted by atomic mass is 35.5. The molecule has 0 fully saturated rings. The number of hydrogen-bond donors (Lipinski definition) is 2. The van der Waals surface area contributed by atoms with Gasteiger partial charge in [0.1, 0.15) is 0 Å². The van der Waals surface area contributed by atoms with E-state index in [1.54, 1.807) is 18.2 Å². The maximum atomic E-state index is 9.25. The first kappa shape index (κ1) is 13.2. The Balaban J connectivity index is 2.42. The summed E-state index contributed by atoms with van der Waals surface area (Å²) in [5, 5.41) is 17.1. The Morgan fingerprint density at radius 2 is 1.94 bits per heavy atom. The fourth-order valence-corrected chi connectivity index (χ4v) is 2.27. The Hall–Kier alpha value is -1.23. The van der Waals surface area contributed by atoms with Crippen LogP contribution in [0.4, 0.5) is 0 Å². The molecule has 4 nitrogen and oxygen atoms in total. The largest absolute Gasteiger partial charge is 0.480 e. The zero-order valence-corrected chi connectivity index (χ0v) is 11.2. The van der Waals surface area contributed by atoms with E-state index in [1.165, 1.54) is 7.11 Å². The van der Waals surface area contributed by atoms with Gasteiger partial charge in [-0.15, -0.1) is 5.10 Å². The standard InChI is InChI=1S/C12H12Cl2N2O2/c1-18-12-8(11(6-17)15-16-12)5-7-9(13)3-2-4-10(7)14/h2-4,17H,5-6H2,1H3,(H,15,16). The maximum Gasteiger partial charge on any atom is 0.236 e. The second kappa shape index (κ2) is 5.61. The average molecular weight is 287 g/mol. The number of H-pyrrole nitrogens is 1. The number of ether oxygens (including phenoxy) is 1. The molecule has 2 rings (SSSR count). The molecule has 0 saturated carbocycles. The predicted molar refractivity (Wildman–Crippen MR) is 70.3 cm³/mol. The molecule has 0 aliphatic carbocycles. The van der Waals surface area contributed by atoms with E-state index in [0.29, 0.717) is 28.0 Å². The van der Waals surface area contributed by atoms with Gasteiger partial charge >= 0.3 is 0 Å². The molecule has 0 unspecified atom stereocenters. The summed E-state index contributed by atoms with van der Waals surface area (Å²) in [5.41, 5.74) is 2.15. The monoisotopic (exact) mass is 286 g/mol. The Bertz CT molecular complexity index is 513. The van der Waals surface area contributed by atoms with Crippen LogP contribution in [0.25, 0.3) is 0 Å². The van der Waals surface area contributed by atoms with Gasteiger partial charge in [0.25, 0.3) is 0 Å². The molecule has 0 bridgehead atoms. The number of benzene rings is 1. The molecule has 6 heteroatoms.